The number of carbonyl (C=O) groups is 1. The molecule has 0 saturated carbocycles. The molecular formula is C17H13N3O3S3. The summed E-state index contributed by atoms with van der Waals surface area (Å²) in [4.78, 5) is 19.3. The van der Waals surface area contributed by atoms with Crippen LogP contribution in [0.25, 0.3) is 21.6 Å². The van der Waals surface area contributed by atoms with Crippen LogP contribution in [0.1, 0.15) is 15.4 Å². The fourth-order valence-electron chi connectivity index (χ4n) is 2.60. The Kier molecular flexibility index (Phi) is 4.14. The molecule has 0 aliphatic heterocycles. The van der Waals surface area contributed by atoms with Gasteiger partial charge in [-0.1, -0.05) is 18.2 Å². The molecule has 0 aliphatic rings. The minimum Gasteiger partial charge on any atom is -0.351 e. The number of anilines is 1. The predicted octanol–water partition coefficient (Wildman–Crippen LogP) is 4.27. The van der Waals surface area contributed by atoms with Crippen LogP contribution in [0, 0.1) is 6.92 Å². The lowest BCUT2D eigenvalue weighted by molar-refractivity contribution is 0.112. The number of aromatic nitrogens is 2. The van der Waals surface area contributed by atoms with Gasteiger partial charge in [-0.25, -0.2) is 13.4 Å². The molecule has 0 unspecified atom stereocenters. The van der Waals surface area contributed by atoms with E-state index in [2.05, 4.69) is 14.7 Å². The molecule has 0 fully saturated rings. The van der Waals surface area contributed by atoms with Crippen molar-refractivity contribution in [3.63, 3.8) is 0 Å². The minimum atomic E-state index is -3.63. The Balaban J connectivity index is 1.77. The number of aldehydes is 1. The van der Waals surface area contributed by atoms with Gasteiger partial charge in [0, 0.05) is 5.39 Å². The molecule has 6 nitrogen and oxygen atoms in total. The van der Waals surface area contributed by atoms with E-state index in [0.29, 0.717) is 26.8 Å². The zero-order chi connectivity index (χ0) is 18.3. The molecule has 26 heavy (non-hydrogen) atoms. The standard InChI is InChI=1S/C17H13N3O3S3/c1-10-14(9-21)25-17(18-10)13-8-11-4-2-5-12(16(11)19-13)20-26(22,23)15-6-3-7-24-15/h2-9,19-20H,1H3. The number of nitrogens with one attached hydrogen (secondary N) is 2. The number of thiophene rings is 1. The van der Waals surface area contributed by atoms with Crippen molar-refractivity contribution in [1.29, 1.82) is 0 Å². The van der Waals surface area contributed by atoms with Crippen LogP contribution in [0.5, 0.6) is 0 Å². The maximum absolute atomic E-state index is 12.5. The summed E-state index contributed by atoms with van der Waals surface area (Å²) >= 11 is 2.46. The van der Waals surface area contributed by atoms with Crippen molar-refractivity contribution in [2.75, 3.05) is 4.72 Å². The first-order chi connectivity index (χ1) is 12.5. The van der Waals surface area contributed by atoms with Crippen molar-refractivity contribution in [3.8, 4) is 10.7 Å². The van der Waals surface area contributed by atoms with Crippen LogP contribution in [0.3, 0.4) is 0 Å². The summed E-state index contributed by atoms with van der Waals surface area (Å²) < 4.78 is 27.9. The van der Waals surface area contributed by atoms with Crippen LogP contribution in [0.2, 0.25) is 0 Å². The van der Waals surface area contributed by atoms with Crippen molar-refractivity contribution in [2.45, 2.75) is 11.1 Å². The van der Waals surface area contributed by atoms with Crippen molar-refractivity contribution in [2.24, 2.45) is 0 Å². The first kappa shape index (κ1) is 17.0. The summed E-state index contributed by atoms with van der Waals surface area (Å²) in [7, 11) is -3.63. The van der Waals surface area contributed by atoms with E-state index in [1.807, 2.05) is 12.1 Å². The highest BCUT2D eigenvalue weighted by Crippen LogP contribution is 2.33. The first-order valence-electron chi connectivity index (χ1n) is 7.59. The molecule has 4 aromatic rings. The number of aryl methyl sites for hydroxylation is 1. The summed E-state index contributed by atoms with van der Waals surface area (Å²) in [6.45, 7) is 1.78. The number of aromatic amines is 1. The van der Waals surface area contributed by atoms with E-state index in [9.17, 15) is 13.2 Å². The van der Waals surface area contributed by atoms with Gasteiger partial charge in [-0.2, -0.15) is 0 Å². The molecule has 9 heteroatoms. The Morgan fingerprint density at radius 2 is 2.08 bits per heavy atom. The third-order valence-electron chi connectivity index (χ3n) is 3.83. The number of sulfonamides is 1. The smallest absolute Gasteiger partial charge is 0.271 e. The highest BCUT2D eigenvalue weighted by atomic mass is 32.2. The predicted molar refractivity (Wildman–Crippen MR) is 105 cm³/mol. The number of thiazole rings is 1. The molecule has 0 bridgehead atoms. The monoisotopic (exact) mass is 403 g/mol. The number of hydrogen-bond donors (Lipinski definition) is 2. The Morgan fingerprint density at radius 1 is 1.23 bits per heavy atom. The molecule has 0 radical (unpaired) electrons. The van der Waals surface area contributed by atoms with Crippen molar-refractivity contribution >= 4 is 55.6 Å². The second kappa shape index (κ2) is 6.35. The third-order valence-corrected chi connectivity index (χ3v) is 7.71. The van der Waals surface area contributed by atoms with Gasteiger partial charge in [0.25, 0.3) is 10.0 Å². The highest BCUT2D eigenvalue weighted by Gasteiger charge is 2.18. The Morgan fingerprint density at radius 3 is 2.77 bits per heavy atom. The Hall–Kier alpha value is -2.49. The number of fused-ring (bicyclic) bond motifs is 1. The van der Waals surface area contributed by atoms with E-state index in [1.165, 1.54) is 11.3 Å². The molecule has 0 spiro atoms. The number of benzene rings is 1. The van der Waals surface area contributed by atoms with Gasteiger partial charge in [0.15, 0.2) is 6.29 Å². The molecule has 0 saturated heterocycles. The number of para-hydroxylation sites is 1. The number of hydrogen-bond acceptors (Lipinski definition) is 6. The highest BCUT2D eigenvalue weighted by molar-refractivity contribution is 7.94. The molecular weight excluding hydrogens is 390 g/mol. The van der Waals surface area contributed by atoms with Crippen LogP contribution in [-0.2, 0) is 10.0 Å². The van der Waals surface area contributed by atoms with Gasteiger partial charge < -0.3 is 4.98 Å². The average molecular weight is 404 g/mol. The van der Waals surface area contributed by atoms with Crippen LogP contribution < -0.4 is 4.72 Å². The second-order valence-electron chi connectivity index (χ2n) is 5.58. The lowest BCUT2D eigenvalue weighted by Gasteiger charge is -2.07. The molecule has 4 rings (SSSR count). The number of carbonyl (C=O) groups excluding carboxylic acids is 1. The first-order valence-corrected chi connectivity index (χ1v) is 10.8. The summed E-state index contributed by atoms with van der Waals surface area (Å²) in [6, 6.07) is 10.5. The van der Waals surface area contributed by atoms with E-state index < -0.39 is 10.0 Å². The van der Waals surface area contributed by atoms with Crippen molar-refractivity contribution in [1.82, 2.24) is 9.97 Å². The van der Waals surface area contributed by atoms with Gasteiger partial charge in [0.05, 0.1) is 27.5 Å². The van der Waals surface area contributed by atoms with E-state index in [1.54, 1.807) is 36.6 Å². The van der Waals surface area contributed by atoms with E-state index in [-0.39, 0.29) is 4.21 Å². The fraction of sp³-hybridized carbons (Fsp3) is 0.0588. The van der Waals surface area contributed by atoms with Crippen LogP contribution in [0.4, 0.5) is 5.69 Å². The summed E-state index contributed by atoms with van der Waals surface area (Å²) in [5, 5.41) is 3.26. The van der Waals surface area contributed by atoms with Crippen LogP contribution in [-0.4, -0.2) is 24.7 Å². The average Bonchev–Trinajstić information content (AvgIpc) is 3.34. The van der Waals surface area contributed by atoms with Gasteiger partial charge >= 0.3 is 0 Å². The van der Waals surface area contributed by atoms with E-state index in [0.717, 1.165) is 28.7 Å². The number of rotatable bonds is 5. The second-order valence-corrected chi connectivity index (χ2v) is 9.46. The van der Waals surface area contributed by atoms with Gasteiger partial charge in [-0.05, 0) is 30.5 Å². The summed E-state index contributed by atoms with van der Waals surface area (Å²) in [5.41, 5.74) is 2.55. The van der Waals surface area contributed by atoms with Gasteiger partial charge in [-0.15, -0.1) is 22.7 Å². The van der Waals surface area contributed by atoms with Gasteiger partial charge in [0.1, 0.15) is 9.22 Å². The summed E-state index contributed by atoms with van der Waals surface area (Å²) in [5.74, 6) is 0. The lowest BCUT2D eigenvalue weighted by atomic mass is 10.2. The minimum absolute atomic E-state index is 0.257. The van der Waals surface area contributed by atoms with Crippen molar-refractivity contribution in [3.05, 3.63) is 52.3 Å². The molecule has 132 valence electrons. The maximum atomic E-state index is 12.5. The number of H-pyrrole nitrogens is 1. The van der Waals surface area contributed by atoms with Crippen LogP contribution in [0.15, 0.2) is 46.0 Å². The number of nitrogens with zero attached hydrogens (tertiary/aromatic N) is 1. The van der Waals surface area contributed by atoms with Gasteiger partial charge in [0.2, 0.25) is 0 Å². The zero-order valence-electron chi connectivity index (χ0n) is 13.5. The molecule has 0 amide bonds. The zero-order valence-corrected chi connectivity index (χ0v) is 16.0. The van der Waals surface area contributed by atoms with E-state index >= 15 is 0 Å². The van der Waals surface area contributed by atoms with Gasteiger partial charge in [-0.3, -0.25) is 9.52 Å². The SMILES string of the molecule is Cc1nc(-c2cc3cccc(NS(=O)(=O)c4cccs4)c3[nH]2)sc1C=O. The molecule has 3 heterocycles. The Labute approximate surface area is 157 Å². The lowest BCUT2D eigenvalue weighted by Crippen LogP contribution is -2.11. The molecule has 2 N–H and O–H groups in total. The normalized spacial score (nSPS) is 11.7. The quantitative estimate of drug-likeness (QED) is 0.487. The molecule has 0 aliphatic carbocycles. The summed E-state index contributed by atoms with van der Waals surface area (Å²) in [6.07, 6.45) is 0.791. The fourth-order valence-corrected chi connectivity index (χ4v) is 5.52. The van der Waals surface area contributed by atoms with E-state index in [4.69, 9.17) is 0 Å². The maximum Gasteiger partial charge on any atom is 0.271 e. The largest absolute Gasteiger partial charge is 0.351 e. The Bertz CT molecular complexity index is 1200. The third kappa shape index (κ3) is 2.94. The van der Waals surface area contributed by atoms with Crippen LogP contribution >= 0.6 is 22.7 Å². The van der Waals surface area contributed by atoms with Crippen molar-refractivity contribution < 1.29 is 13.2 Å². The molecule has 1 aromatic carbocycles. The molecule has 0 atom stereocenters. The molecule has 3 aromatic heterocycles. The topological polar surface area (TPSA) is 91.9 Å².